The summed E-state index contributed by atoms with van der Waals surface area (Å²) in [6.07, 6.45) is 0.582. The highest BCUT2D eigenvalue weighted by Gasteiger charge is 2.49. The fourth-order valence-electron chi connectivity index (χ4n) is 2.37. The lowest BCUT2D eigenvalue weighted by Crippen LogP contribution is -2.19. The van der Waals surface area contributed by atoms with Crippen molar-refractivity contribution in [2.75, 3.05) is 0 Å². The maximum Gasteiger partial charge on any atom is 0.306 e. The molecule has 4 heteroatoms. The maximum absolute atomic E-state index is 10.9. The van der Waals surface area contributed by atoms with Crippen LogP contribution in [-0.4, -0.2) is 23.3 Å². The number of aliphatic hydroxyl groups is 1. The third-order valence-electron chi connectivity index (χ3n) is 3.01. The van der Waals surface area contributed by atoms with Crippen molar-refractivity contribution in [3.63, 3.8) is 0 Å². The zero-order valence-electron chi connectivity index (χ0n) is 7.14. The van der Waals surface area contributed by atoms with Gasteiger partial charge in [0.05, 0.1) is 18.6 Å². The van der Waals surface area contributed by atoms with Gasteiger partial charge in [-0.1, -0.05) is 0 Å². The molecule has 1 heterocycles. The van der Waals surface area contributed by atoms with Gasteiger partial charge < -0.3 is 9.84 Å². The lowest BCUT2D eigenvalue weighted by atomic mass is 9.90. The number of esters is 1. The summed E-state index contributed by atoms with van der Waals surface area (Å²) in [5.74, 6) is -0.187. The molecule has 0 aromatic heterocycles. The molecule has 0 aromatic rings. The van der Waals surface area contributed by atoms with Crippen molar-refractivity contribution in [2.45, 2.75) is 31.5 Å². The predicted octanol–water partition coefficient (Wildman–Crippen LogP) is 0.213. The topological polar surface area (TPSA) is 70.3 Å². The zero-order valence-corrected chi connectivity index (χ0v) is 7.14. The monoisotopic (exact) mass is 181 g/mol. The molecule has 4 nitrogen and oxygen atoms in total. The van der Waals surface area contributed by atoms with Gasteiger partial charge in [-0.15, -0.1) is 0 Å². The lowest BCUT2D eigenvalue weighted by Gasteiger charge is -2.14. The number of hydrogen-bond acceptors (Lipinski definition) is 4. The first kappa shape index (κ1) is 8.52. The number of hydrogen-bond donors (Lipinski definition) is 1. The van der Waals surface area contributed by atoms with Crippen molar-refractivity contribution in [2.24, 2.45) is 11.8 Å². The molecule has 1 aliphatic heterocycles. The largest absolute Gasteiger partial charge is 0.462 e. The van der Waals surface area contributed by atoms with E-state index >= 15 is 0 Å². The second kappa shape index (κ2) is 3.00. The maximum atomic E-state index is 10.9. The van der Waals surface area contributed by atoms with Crippen LogP contribution in [-0.2, 0) is 9.53 Å². The summed E-state index contributed by atoms with van der Waals surface area (Å²) in [6.45, 7) is 0. The molecular formula is C9H11NO3. The first-order chi connectivity index (χ1) is 6.22. The number of nitrogens with zero attached hydrogens (tertiary/aromatic N) is 1. The normalized spacial score (nSPS) is 42.6. The molecule has 1 aliphatic carbocycles. The summed E-state index contributed by atoms with van der Waals surface area (Å²) >= 11 is 0. The molecule has 0 bridgehead atoms. The summed E-state index contributed by atoms with van der Waals surface area (Å²) in [4.78, 5) is 10.9. The second-order valence-corrected chi connectivity index (χ2v) is 3.73. The zero-order chi connectivity index (χ0) is 9.42. The lowest BCUT2D eigenvalue weighted by molar-refractivity contribution is -0.141. The molecule has 0 radical (unpaired) electrons. The van der Waals surface area contributed by atoms with E-state index in [1.807, 2.05) is 6.07 Å². The number of aliphatic hydroxyl groups excluding tert-OH is 1. The van der Waals surface area contributed by atoms with Crippen LogP contribution in [0, 0.1) is 23.2 Å². The molecule has 70 valence electrons. The number of ether oxygens (including phenoxy) is 1. The molecule has 1 saturated heterocycles. The summed E-state index contributed by atoms with van der Waals surface area (Å²) < 4.78 is 5.02. The molecule has 4 atom stereocenters. The van der Waals surface area contributed by atoms with E-state index in [9.17, 15) is 9.90 Å². The second-order valence-electron chi connectivity index (χ2n) is 3.73. The third kappa shape index (κ3) is 1.29. The van der Waals surface area contributed by atoms with Gasteiger partial charge in [-0.2, -0.15) is 5.26 Å². The Bertz CT molecular complexity index is 271. The van der Waals surface area contributed by atoms with E-state index in [4.69, 9.17) is 10.00 Å². The SMILES string of the molecule is N#CCC1C(O)C[C@H]2OC(=O)CC12. The quantitative estimate of drug-likeness (QED) is 0.587. The fraction of sp³-hybridized carbons (Fsp3) is 0.778. The highest BCUT2D eigenvalue weighted by atomic mass is 16.6. The average molecular weight is 181 g/mol. The molecule has 2 fully saturated rings. The van der Waals surface area contributed by atoms with Gasteiger partial charge in [0.25, 0.3) is 0 Å². The van der Waals surface area contributed by atoms with Gasteiger partial charge in [-0.3, -0.25) is 4.79 Å². The molecule has 1 N–H and O–H groups in total. The van der Waals surface area contributed by atoms with Gasteiger partial charge in [-0.05, 0) is 0 Å². The van der Waals surface area contributed by atoms with Gasteiger partial charge in [0.15, 0.2) is 0 Å². The summed E-state index contributed by atoms with van der Waals surface area (Å²) in [5.41, 5.74) is 0. The minimum absolute atomic E-state index is 0.0681. The van der Waals surface area contributed by atoms with Gasteiger partial charge >= 0.3 is 5.97 Å². The van der Waals surface area contributed by atoms with Crippen molar-refractivity contribution in [1.82, 2.24) is 0 Å². The molecule has 0 aromatic carbocycles. The number of rotatable bonds is 1. The Balaban J connectivity index is 2.11. The Morgan fingerprint density at radius 3 is 3.15 bits per heavy atom. The van der Waals surface area contributed by atoms with Crippen LogP contribution in [0.15, 0.2) is 0 Å². The van der Waals surface area contributed by atoms with Crippen LogP contribution >= 0.6 is 0 Å². The molecule has 1 saturated carbocycles. The van der Waals surface area contributed by atoms with E-state index in [0.717, 1.165) is 0 Å². The van der Waals surface area contributed by atoms with Gasteiger partial charge in [0.1, 0.15) is 6.10 Å². The average Bonchev–Trinajstić information content (AvgIpc) is 2.52. The van der Waals surface area contributed by atoms with Gasteiger partial charge in [0, 0.05) is 24.7 Å². The Morgan fingerprint density at radius 1 is 1.69 bits per heavy atom. The highest BCUT2D eigenvalue weighted by Crippen LogP contribution is 2.42. The fourth-order valence-corrected chi connectivity index (χ4v) is 2.37. The van der Waals surface area contributed by atoms with E-state index in [0.29, 0.717) is 19.3 Å². The first-order valence-corrected chi connectivity index (χ1v) is 4.47. The van der Waals surface area contributed by atoms with Crippen LogP contribution < -0.4 is 0 Å². The Morgan fingerprint density at radius 2 is 2.46 bits per heavy atom. The van der Waals surface area contributed by atoms with E-state index in [1.165, 1.54) is 0 Å². The van der Waals surface area contributed by atoms with Crippen molar-refractivity contribution < 1.29 is 14.6 Å². The standard InChI is InChI=1S/C9H11NO3/c10-2-1-5-6-3-9(12)13-8(6)4-7(5)11/h5-8,11H,1,3-4H2/t5?,6?,7?,8-/m1/s1. The molecular weight excluding hydrogens is 170 g/mol. The highest BCUT2D eigenvalue weighted by molar-refractivity contribution is 5.72. The van der Waals surface area contributed by atoms with Crippen LogP contribution in [0.5, 0.6) is 0 Å². The van der Waals surface area contributed by atoms with Crippen LogP contribution in [0.4, 0.5) is 0 Å². The van der Waals surface area contributed by atoms with Crippen LogP contribution in [0.25, 0.3) is 0 Å². The first-order valence-electron chi connectivity index (χ1n) is 4.47. The summed E-state index contributed by atoms with van der Waals surface area (Å²) in [7, 11) is 0. The van der Waals surface area contributed by atoms with E-state index < -0.39 is 6.10 Å². The van der Waals surface area contributed by atoms with Crippen molar-refractivity contribution in [1.29, 1.82) is 5.26 Å². The van der Waals surface area contributed by atoms with E-state index in [1.54, 1.807) is 0 Å². The van der Waals surface area contributed by atoms with Crippen molar-refractivity contribution in [3.8, 4) is 6.07 Å². The van der Waals surface area contributed by atoms with E-state index in [-0.39, 0.29) is 23.9 Å². The van der Waals surface area contributed by atoms with Crippen LogP contribution in [0.1, 0.15) is 19.3 Å². The smallest absolute Gasteiger partial charge is 0.306 e. The Hall–Kier alpha value is -1.08. The summed E-state index contributed by atoms with van der Waals surface area (Å²) in [5, 5.41) is 18.1. The summed E-state index contributed by atoms with van der Waals surface area (Å²) in [6, 6.07) is 2.04. The number of fused-ring (bicyclic) bond motifs is 1. The number of carbonyl (C=O) groups is 1. The third-order valence-corrected chi connectivity index (χ3v) is 3.01. The van der Waals surface area contributed by atoms with Gasteiger partial charge in [0.2, 0.25) is 0 Å². The molecule has 2 rings (SSSR count). The minimum atomic E-state index is -0.470. The molecule has 13 heavy (non-hydrogen) atoms. The Kier molecular flexibility index (Phi) is 1.97. The Labute approximate surface area is 76.1 Å². The number of carbonyl (C=O) groups excluding carboxylic acids is 1. The van der Waals surface area contributed by atoms with Crippen molar-refractivity contribution >= 4 is 5.97 Å². The van der Waals surface area contributed by atoms with Crippen LogP contribution in [0.3, 0.4) is 0 Å². The van der Waals surface area contributed by atoms with E-state index in [2.05, 4.69) is 0 Å². The molecule has 3 unspecified atom stereocenters. The molecule has 0 spiro atoms. The van der Waals surface area contributed by atoms with Crippen molar-refractivity contribution in [3.05, 3.63) is 0 Å². The molecule has 0 amide bonds. The minimum Gasteiger partial charge on any atom is -0.462 e. The predicted molar refractivity (Wildman–Crippen MR) is 42.3 cm³/mol. The van der Waals surface area contributed by atoms with Gasteiger partial charge in [-0.25, -0.2) is 0 Å². The van der Waals surface area contributed by atoms with Crippen LogP contribution in [0.2, 0.25) is 0 Å². The number of nitriles is 1. The molecule has 2 aliphatic rings.